The minimum absolute atomic E-state index is 1.03. The molecule has 3 rings (SSSR count). The van der Waals surface area contributed by atoms with Gasteiger partial charge in [0.05, 0.1) is 0 Å². The molecule has 3 aromatic rings. The summed E-state index contributed by atoms with van der Waals surface area (Å²) in [6.07, 6.45) is 0. The molecule has 6 nitrogen and oxygen atoms in total. The molecule has 0 saturated heterocycles. The zero-order valence-electron chi connectivity index (χ0n) is 21.5. The van der Waals surface area contributed by atoms with Crippen molar-refractivity contribution in [1.29, 1.82) is 0 Å². The van der Waals surface area contributed by atoms with Crippen molar-refractivity contribution in [2.45, 2.75) is 19.6 Å². The van der Waals surface area contributed by atoms with Gasteiger partial charge in [-0.3, -0.25) is 0 Å². The zero-order valence-corrected chi connectivity index (χ0v) is 21.5. The Hall–Kier alpha value is -2.52. The smallest absolute Gasteiger partial charge is 0.402 e. The molecule has 7 heteroatoms. The number of nitrogens with zero attached hydrogens (tertiary/aromatic N) is 3. The molecule has 0 unspecified atom stereocenters. The van der Waals surface area contributed by atoms with Crippen LogP contribution in [0, 0.1) is 0 Å². The topological polar surface area (TPSA) is 70.4 Å². The highest BCUT2D eigenvalue weighted by Gasteiger charge is 1.93. The molecule has 0 aliphatic carbocycles. The summed E-state index contributed by atoms with van der Waals surface area (Å²) in [6, 6.07) is 31.4. The molecule has 186 valence electrons. The van der Waals surface area contributed by atoms with Gasteiger partial charge in [0.1, 0.15) is 0 Å². The number of hydrogen-bond acceptors (Lipinski definition) is 6. The van der Waals surface area contributed by atoms with Gasteiger partial charge in [-0.15, -0.1) is 0 Å². The van der Waals surface area contributed by atoms with Crippen LogP contribution in [-0.4, -0.2) is 79.4 Å². The fourth-order valence-electron chi connectivity index (χ4n) is 2.85. The van der Waals surface area contributed by atoms with Gasteiger partial charge >= 0.3 is 7.32 Å². The molecule has 3 aromatic carbocycles. The third-order valence-electron chi connectivity index (χ3n) is 4.02. The van der Waals surface area contributed by atoms with E-state index in [-0.39, 0.29) is 0 Å². The molecule has 0 spiro atoms. The van der Waals surface area contributed by atoms with E-state index in [0.717, 1.165) is 19.6 Å². The second-order valence-electron chi connectivity index (χ2n) is 8.52. The van der Waals surface area contributed by atoms with Crippen molar-refractivity contribution in [3.05, 3.63) is 108 Å². The van der Waals surface area contributed by atoms with E-state index in [4.69, 9.17) is 15.1 Å². The fraction of sp³-hybridized carbons (Fsp3) is 0.333. The van der Waals surface area contributed by atoms with Crippen LogP contribution in [0.25, 0.3) is 0 Å². The molecule has 0 radical (unpaired) electrons. The Morgan fingerprint density at radius 1 is 0.441 bits per heavy atom. The molecule has 34 heavy (non-hydrogen) atoms. The monoisotopic (exact) mass is 467 g/mol. The Labute approximate surface area is 206 Å². The Morgan fingerprint density at radius 2 is 0.618 bits per heavy atom. The average Bonchev–Trinajstić information content (AvgIpc) is 2.75. The maximum absolute atomic E-state index is 7.17. The molecule has 0 aliphatic heterocycles. The van der Waals surface area contributed by atoms with Crippen LogP contribution in [0.2, 0.25) is 0 Å². The van der Waals surface area contributed by atoms with Gasteiger partial charge in [-0.2, -0.15) is 0 Å². The normalized spacial score (nSPS) is 9.88. The van der Waals surface area contributed by atoms with Crippen LogP contribution in [0.1, 0.15) is 16.7 Å². The summed E-state index contributed by atoms with van der Waals surface area (Å²) in [5.41, 5.74) is 4.10. The number of benzene rings is 3. The lowest BCUT2D eigenvalue weighted by molar-refractivity contribution is 0.278. The van der Waals surface area contributed by atoms with Crippen molar-refractivity contribution in [3.63, 3.8) is 0 Å². The molecular formula is C27H42BN3O3. The summed E-state index contributed by atoms with van der Waals surface area (Å²) in [5.74, 6) is 0. The van der Waals surface area contributed by atoms with Crippen LogP contribution in [-0.2, 0) is 19.6 Å². The second kappa shape index (κ2) is 19.9. The van der Waals surface area contributed by atoms with Gasteiger partial charge in [0.25, 0.3) is 0 Å². The Balaban J connectivity index is 0.000000445. The van der Waals surface area contributed by atoms with Gasteiger partial charge in [0.2, 0.25) is 0 Å². The van der Waals surface area contributed by atoms with Gasteiger partial charge in [-0.1, -0.05) is 91.0 Å². The van der Waals surface area contributed by atoms with Crippen molar-refractivity contribution in [1.82, 2.24) is 14.7 Å². The average molecular weight is 467 g/mol. The van der Waals surface area contributed by atoms with Crippen LogP contribution < -0.4 is 0 Å². The van der Waals surface area contributed by atoms with E-state index in [0.29, 0.717) is 0 Å². The lowest BCUT2D eigenvalue weighted by atomic mass is 10.2. The third-order valence-corrected chi connectivity index (χ3v) is 4.02. The van der Waals surface area contributed by atoms with Crippen LogP contribution in [0.4, 0.5) is 0 Å². The highest BCUT2D eigenvalue weighted by atomic mass is 16.5. The standard InChI is InChI=1S/3C9H13N.BH3O3/c3*1-10(2)8-9-6-4-3-5-7-9;2-1(3)4/h3*3-7H,8H2,1-2H3;2-4H. The van der Waals surface area contributed by atoms with E-state index in [1.807, 2.05) is 18.2 Å². The molecule has 0 amide bonds. The SMILES string of the molecule is CN(C)Cc1ccccc1.CN(C)Cc1ccccc1.CN(C)Cc1ccccc1.OB(O)O. The first-order chi connectivity index (χ1) is 16.1. The zero-order chi connectivity index (χ0) is 25.8. The molecule has 0 heterocycles. The first-order valence-corrected chi connectivity index (χ1v) is 11.2. The highest BCUT2D eigenvalue weighted by molar-refractivity contribution is 6.30. The summed E-state index contributed by atoms with van der Waals surface area (Å²) in [7, 11) is 10.3. The van der Waals surface area contributed by atoms with Crippen molar-refractivity contribution in [2.24, 2.45) is 0 Å². The predicted molar refractivity (Wildman–Crippen MR) is 144 cm³/mol. The van der Waals surface area contributed by atoms with Crippen LogP contribution in [0.15, 0.2) is 91.0 Å². The lowest BCUT2D eigenvalue weighted by Crippen LogP contribution is -2.10. The maximum atomic E-state index is 7.17. The molecule has 0 bridgehead atoms. The minimum Gasteiger partial charge on any atom is -0.402 e. The first-order valence-electron chi connectivity index (χ1n) is 11.2. The Kier molecular flexibility index (Phi) is 18.4. The summed E-state index contributed by atoms with van der Waals surface area (Å²) in [6.45, 7) is 3.09. The summed E-state index contributed by atoms with van der Waals surface area (Å²) >= 11 is 0. The van der Waals surface area contributed by atoms with Crippen molar-refractivity contribution >= 4 is 7.32 Å². The van der Waals surface area contributed by atoms with E-state index >= 15 is 0 Å². The Bertz CT molecular complexity index is 707. The fourth-order valence-corrected chi connectivity index (χ4v) is 2.85. The number of rotatable bonds is 6. The van der Waals surface area contributed by atoms with Crippen molar-refractivity contribution in [2.75, 3.05) is 42.3 Å². The quantitative estimate of drug-likeness (QED) is 0.484. The molecule has 0 saturated carbocycles. The molecule has 0 fully saturated rings. The molecule has 3 N–H and O–H groups in total. The lowest BCUT2D eigenvalue weighted by Gasteiger charge is -2.08. The highest BCUT2D eigenvalue weighted by Crippen LogP contribution is 2.01. The van der Waals surface area contributed by atoms with Gasteiger partial charge in [-0.05, 0) is 59.0 Å². The van der Waals surface area contributed by atoms with E-state index in [1.165, 1.54) is 16.7 Å². The van der Waals surface area contributed by atoms with Gasteiger partial charge in [-0.25, -0.2) is 0 Å². The van der Waals surface area contributed by atoms with E-state index in [9.17, 15) is 0 Å². The Morgan fingerprint density at radius 3 is 0.765 bits per heavy atom. The molecule has 0 aliphatic rings. The van der Waals surface area contributed by atoms with Crippen molar-refractivity contribution < 1.29 is 15.1 Å². The van der Waals surface area contributed by atoms with Gasteiger partial charge < -0.3 is 29.8 Å². The minimum atomic E-state index is -2.17. The largest absolute Gasteiger partial charge is 0.631 e. The summed E-state index contributed by atoms with van der Waals surface area (Å²) < 4.78 is 0. The van der Waals surface area contributed by atoms with Gasteiger partial charge in [0, 0.05) is 19.6 Å². The maximum Gasteiger partial charge on any atom is 0.631 e. The predicted octanol–water partition coefficient (Wildman–Crippen LogP) is 3.19. The van der Waals surface area contributed by atoms with E-state index < -0.39 is 7.32 Å². The molecule has 0 atom stereocenters. The summed E-state index contributed by atoms with van der Waals surface area (Å²) in [4.78, 5) is 6.49. The van der Waals surface area contributed by atoms with E-state index in [2.05, 4.69) is 130 Å². The first kappa shape index (κ1) is 31.5. The second-order valence-corrected chi connectivity index (χ2v) is 8.52. The van der Waals surface area contributed by atoms with Crippen LogP contribution >= 0.6 is 0 Å². The third kappa shape index (κ3) is 21.3. The van der Waals surface area contributed by atoms with Crippen LogP contribution in [0.5, 0.6) is 0 Å². The van der Waals surface area contributed by atoms with Crippen LogP contribution in [0.3, 0.4) is 0 Å². The van der Waals surface area contributed by atoms with E-state index in [1.54, 1.807) is 0 Å². The molecule has 0 aromatic heterocycles. The van der Waals surface area contributed by atoms with Gasteiger partial charge in [0.15, 0.2) is 0 Å². The summed E-state index contributed by atoms with van der Waals surface area (Å²) in [5, 5.41) is 21.5. The molecular weight excluding hydrogens is 425 g/mol. The van der Waals surface area contributed by atoms with Crippen molar-refractivity contribution in [3.8, 4) is 0 Å². The number of hydrogen-bond donors (Lipinski definition) is 3.